The molecule has 0 saturated heterocycles. The monoisotopic (exact) mass is 359 g/mol. The smallest absolute Gasteiger partial charge is 0.269 e. The van der Waals surface area contributed by atoms with Crippen molar-refractivity contribution in [2.75, 3.05) is 12.4 Å². The summed E-state index contributed by atoms with van der Waals surface area (Å²) >= 11 is 7.14. The lowest BCUT2D eigenvalue weighted by molar-refractivity contribution is 0.103. The van der Waals surface area contributed by atoms with Crippen LogP contribution in [-0.2, 0) is 0 Å². The zero-order chi connectivity index (χ0) is 17.1. The van der Waals surface area contributed by atoms with Gasteiger partial charge in [-0.1, -0.05) is 34.3 Å². The number of methoxy groups -OCH3 is 1. The highest BCUT2D eigenvalue weighted by atomic mass is 35.5. The van der Waals surface area contributed by atoms with Crippen molar-refractivity contribution in [3.63, 3.8) is 0 Å². The highest BCUT2D eigenvalue weighted by molar-refractivity contribution is 7.08. The minimum atomic E-state index is -0.275. The van der Waals surface area contributed by atoms with Gasteiger partial charge in [-0.2, -0.15) is 0 Å². The number of nitrogens with zero attached hydrogens (tertiary/aromatic N) is 2. The first-order chi connectivity index (χ1) is 11.6. The molecular formula is C17H14ClN3O2S. The van der Waals surface area contributed by atoms with E-state index in [1.54, 1.807) is 19.2 Å². The van der Waals surface area contributed by atoms with Crippen LogP contribution in [0.1, 0.15) is 15.2 Å². The van der Waals surface area contributed by atoms with E-state index in [0.717, 1.165) is 22.7 Å². The first-order valence-electron chi connectivity index (χ1n) is 7.13. The molecule has 24 heavy (non-hydrogen) atoms. The van der Waals surface area contributed by atoms with Crippen LogP contribution in [0.3, 0.4) is 0 Å². The molecule has 0 spiro atoms. The molecule has 3 aromatic rings. The minimum Gasteiger partial charge on any atom is -0.497 e. The number of nitrogens with one attached hydrogen (secondary N) is 1. The van der Waals surface area contributed by atoms with Crippen LogP contribution in [0.5, 0.6) is 5.75 Å². The number of carbonyl (C=O) groups is 1. The van der Waals surface area contributed by atoms with Crippen molar-refractivity contribution in [3.05, 3.63) is 57.9 Å². The predicted octanol–water partition coefficient (Wildman–Crippen LogP) is 4.43. The Bertz CT molecular complexity index is 895. The van der Waals surface area contributed by atoms with Crippen molar-refractivity contribution in [1.82, 2.24) is 9.59 Å². The fourth-order valence-electron chi connectivity index (χ4n) is 2.16. The average Bonchev–Trinajstić information content (AvgIpc) is 3.08. The molecule has 0 aliphatic rings. The number of benzene rings is 2. The Kier molecular flexibility index (Phi) is 4.78. The van der Waals surface area contributed by atoms with Gasteiger partial charge in [-0.25, -0.2) is 0 Å². The Balaban J connectivity index is 1.88. The third-order valence-electron chi connectivity index (χ3n) is 3.47. The van der Waals surface area contributed by atoms with Crippen molar-refractivity contribution in [3.8, 4) is 17.0 Å². The fraction of sp³-hybridized carbons (Fsp3) is 0.118. The van der Waals surface area contributed by atoms with Crippen LogP contribution in [-0.4, -0.2) is 22.6 Å². The quantitative estimate of drug-likeness (QED) is 0.748. The summed E-state index contributed by atoms with van der Waals surface area (Å²) in [5, 5.41) is 7.51. The lowest BCUT2D eigenvalue weighted by Crippen LogP contribution is -2.11. The molecule has 1 amide bonds. The Hall–Kier alpha value is -2.44. The van der Waals surface area contributed by atoms with E-state index in [1.807, 2.05) is 37.3 Å². The van der Waals surface area contributed by atoms with Gasteiger partial charge in [-0.05, 0) is 48.3 Å². The second-order valence-corrected chi connectivity index (χ2v) is 6.26. The van der Waals surface area contributed by atoms with E-state index in [2.05, 4.69) is 14.9 Å². The van der Waals surface area contributed by atoms with Crippen LogP contribution in [0.4, 0.5) is 5.69 Å². The molecule has 1 aromatic heterocycles. The molecular weight excluding hydrogens is 346 g/mol. The lowest BCUT2D eigenvalue weighted by Gasteiger charge is -2.07. The number of hydrogen-bond acceptors (Lipinski definition) is 5. The molecule has 5 nitrogen and oxygen atoms in total. The molecule has 0 bridgehead atoms. The van der Waals surface area contributed by atoms with Crippen molar-refractivity contribution in [1.29, 1.82) is 0 Å². The van der Waals surface area contributed by atoms with Gasteiger partial charge >= 0.3 is 0 Å². The van der Waals surface area contributed by atoms with E-state index in [0.29, 0.717) is 27.0 Å². The topological polar surface area (TPSA) is 64.1 Å². The van der Waals surface area contributed by atoms with Gasteiger partial charge in [-0.3, -0.25) is 4.79 Å². The van der Waals surface area contributed by atoms with Gasteiger partial charge in [0.15, 0.2) is 0 Å². The van der Waals surface area contributed by atoms with Gasteiger partial charge in [0.2, 0.25) is 0 Å². The third kappa shape index (κ3) is 3.39. The van der Waals surface area contributed by atoms with E-state index >= 15 is 0 Å². The summed E-state index contributed by atoms with van der Waals surface area (Å²) in [6.07, 6.45) is 0. The summed E-state index contributed by atoms with van der Waals surface area (Å²) in [7, 11) is 1.59. The van der Waals surface area contributed by atoms with Gasteiger partial charge in [0.1, 0.15) is 16.3 Å². The highest BCUT2D eigenvalue weighted by Crippen LogP contribution is 2.28. The number of halogens is 1. The van der Waals surface area contributed by atoms with Crippen molar-refractivity contribution in [2.24, 2.45) is 0 Å². The zero-order valence-corrected chi connectivity index (χ0v) is 14.6. The molecule has 3 rings (SSSR count). The Morgan fingerprint density at radius 1 is 1.25 bits per heavy atom. The van der Waals surface area contributed by atoms with E-state index in [9.17, 15) is 4.79 Å². The number of hydrogen-bond donors (Lipinski definition) is 1. The summed E-state index contributed by atoms with van der Waals surface area (Å²) in [5.41, 5.74) is 2.87. The van der Waals surface area contributed by atoms with Gasteiger partial charge in [0, 0.05) is 16.3 Å². The first kappa shape index (κ1) is 16.4. The molecule has 1 N–H and O–H groups in total. The predicted molar refractivity (Wildman–Crippen MR) is 96.0 cm³/mol. The first-order valence-corrected chi connectivity index (χ1v) is 8.28. The van der Waals surface area contributed by atoms with Crippen LogP contribution in [0.2, 0.25) is 5.02 Å². The number of aryl methyl sites for hydroxylation is 1. The van der Waals surface area contributed by atoms with Crippen LogP contribution in [0.25, 0.3) is 11.3 Å². The molecule has 1 heterocycles. The summed E-state index contributed by atoms with van der Waals surface area (Å²) in [6, 6.07) is 12.7. The maximum Gasteiger partial charge on any atom is 0.269 e. The SMILES string of the molecule is COc1cccc(-c2nnsc2C(=O)Nc2ccc(C)c(Cl)c2)c1. The van der Waals surface area contributed by atoms with E-state index in [1.165, 1.54) is 0 Å². The van der Waals surface area contributed by atoms with Gasteiger partial charge in [0.05, 0.1) is 7.11 Å². The van der Waals surface area contributed by atoms with E-state index < -0.39 is 0 Å². The number of carbonyl (C=O) groups excluding carboxylic acids is 1. The molecule has 122 valence electrons. The van der Waals surface area contributed by atoms with Gasteiger partial charge < -0.3 is 10.1 Å². The summed E-state index contributed by atoms with van der Waals surface area (Å²) in [4.78, 5) is 13.0. The Morgan fingerprint density at radius 2 is 2.08 bits per heavy atom. The maximum absolute atomic E-state index is 12.6. The molecule has 0 fully saturated rings. The summed E-state index contributed by atoms with van der Waals surface area (Å²) in [5.74, 6) is 0.417. The number of rotatable bonds is 4. The van der Waals surface area contributed by atoms with Crippen molar-refractivity contribution in [2.45, 2.75) is 6.92 Å². The summed E-state index contributed by atoms with van der Waals surface area (Å²) < 4.78 is 9.13. The normalized spacial score (nSPS) is 10.5. The molecule has 0 saturated carbocycles. The molecule has 0 atom stereocenters. The highest BCUT2D eigenvalue weighted by Gasteiger charge is 2.18. The third-order valence-corrected chi connectivity index (χ3v) is 4.60. The molecule has 0 aliphatic heterocycles. The van der Waals surface area contributed by atoms with Crippen LogP contribution < -0.4 is 10.1 Å². The van der Waals surface area contributed by atoms with Crippen molar-refractivity contribution >= 4 is 34.7 Å². The molecule has 2 aromatic carbocycles. The minimum absolute atomic E-state index is 0.275. The molecule has 0 radical (unpaired) electrons. The zero-order valence-electron chi connectivity index (χ0n) is 13.0. The number of amides is 1. The number of ether oxygens (including phenoxy) is 1. The number of aromatic nitrogens is 2. The van der Waals surface area contributed by atoms with E-state index in [-0.39, 0.29) is 5.91 Å². The second-order valence-electron chi connectivity index (χ2n) is 5.10. The fourth-order valence-corrected chi connectivity index (χ4v) is 2.92. The van der Waals surface area contributed by atoms with Gasteiger partial charge in [-0.15, -0.1) is 5.10 Å². The average molecular weight is 360 g/mol. The molecule has 0 unspecified atom stereocenters. The molecule has 7 heteroatoms. The Morgan fingerprint density at radius 3 is 2.83 bits per heavy atom. The van der Waals surface area contributed by atoms with Crippen LogP contribution >= 0.6 is 23.1 Å². The summed E-state index contributed by atoms with van der Waals surface area (Å²) in [6.45, 7) is 1.90. The number of anilines is 1. The van der Waals surface area contributed by atoms with E-state index in [4.69, 9.17) is 16.3 Å². The Labute approximate surface area is 148 Å². The van der Waals surface area contributed by atoms with Crippen LogP contribution in [0, 0.1) is 6.92 Å². The second kappa shape index (κ2) is 6.98. The molecule has 0 aliphatic carbocycles. The maximum atomic E-state index is 12.6. The van der Waals surface area contributed by atoms with Crippen LogP contribution in [0.15, 0.2) is 42.5 Å². The standard InChI is InChI=1S/C17H14ClN3O2S/c1-10-6-7-12(9-14(10)18)19-17(22)16-15(20-21-24-16)11-4-3-5-13(8-11)23-2/h3-9H,1-2H3,(H,19,22). The largest absolute Gasteiger partial charge is 0.497 e. The van der Waals surface area contributed by atoms with Gasteiger partial charge in [0.25, 0.3) is 5.91 Å². The van der Waals surface area contributed by atoms with Crippen molar-refractivity contribution < 1.29 is 9.53 Å². The lowest BCUT2D eigenvalue weighted by atomic mass is 10.1.